The molecule has 0 saturated heterocycles. The minimum atomic E-state index is -4.93. The zero-order chi connectivity index (χ0) is 27.8. The lowest BCUT2D eigenvalue weighted by Gasteiger charge is -2.41. The van der Waals surface area contributed by atoms with E-state index < -0.39 is 36.6 Å². The zero-order valence-corrected chi connectivity index (χ0v) is 20.3. The van der Waals surface area contributed by atoms with Crippen molar-refractivity contribution in [1.82, 2.24) is 35.7 Å². The van der Waals surface area contributed by atoms with Gasteiger partial charge in [0.05, 0.1) is 18.4 Å². The summed E-state index contributed by atoms with van der Waals surface area (Å²) < 4.78 is 88.4. The monoisotopic (exact) mass is 555 g/mol. The summed E-state index contributed by atoms with van der Waals surface area (Å²) in [5, 5.41) is 19.7. The molecule has 1 saturated carbocycles. The van der Waals surface area contributed by atoms with Gasteiger partial charge in [-0.25, -0.2) is 0 Å². The van der Waals surface area contributed by atoms with Crippen molar-refractivity contribution < 1.29 is 35.9 Å². The number of amides is 1. The van der Waals surface area contributed by atoms with E-state index in [1.807, 2.05) is 0 Å². The lowest BCUT2D eigenvalue weighted by molar-refractivity contribution is -0.201. The van der Waals surface area contributed by atoms with E-state index in [1.165, 1.54) is 18.3 Å². The van der Waals surface area contributed by atoms with Crippen LogP contribution in [0.1, 0.15) is 49.1 Å². The minimum Gasteiger partial charge on any atom is -0.494 e. The number of nitrogens with zero attached hydrogens (tertiary/aromatic N) is 5. The van der Waals surface area contributed by atoms with E-state index >= 15 is 0 Å². The summed E-state index contributed by atoms with van der Waals surface area (Å²) in [4.78, 5) is 13.3. The molecular formula is C24H23F6N7O2. The fraction of sp³-hybridized carbons (Fsp3) is 0.458. The van der Waals surface area contributed by atoms with Crippen LogP contribution >= 0.6 is 0 Å². The third kappa shape index (κ3) is 5.76. The van der Waals surface area contributed by atoms with Gasteiger partial charge < -0.3 is 10.1 Å². The number of tetrazole rings is 1. The van der Waals surface area contributed by atoms with Gasteiger partial charge in [0.1, 0.15) is 5.75 Å². The maximum Gasteiger partial charge on any atom is 0.416 e. The molecule has 1 aromatic carbocycles. The predicted molar refractivity (Wildman–Crippen MR) is 124 cm³/mol. The highest BCUT2D eigenvalue weighted by Gasteiger charge is 2.60. The van der Waals surface area contributed by atoms with Crippen LogP contribution in [0.25, 0.3) is 11.1 Å². The van der Waals surface area contributed by atoms with Gasteiger partial charge in [0.25, 0.3) is 5.91 Å². The van der Waals surface area contributed by atoms with Gasteiger partial charge in [0.15, 0.2) is 5.54 Å². The number of hydrogen-bond acceptors (Lipinski definition) is 6. The molecule has 2 aliphatic rings. The smallest absolute Gasteiger partial charge is 0.416 e. The molecule has 3 aromatic rings. The van der Waals surface area contributed by atoms with Gasteiger partial charge in [-0.3, -0.25) is 9.48 Å². The third-order valence-corrected chi connectivity index (χ3v) is 6.69. The number of halogens is 6. The summed E-state index contributed by atoms with van der Waals surface area (Å²) in [6, 6.07) is 4.74. The van der Waals surface area contributed by atoms with Crippen LogP contribution in [-0.4, -0.2) is 55.3 Å². The van der Waals surface area contributed by atoms with Crippen molar-refractivity contribution in [3.05, 3.63) is 53.6 Å². The Morgan fingerprint density at radius 2 is 1.85 bits per heavy atom. The fourth-order valence-corrected chi connectivity index (χ4v) is 4.53. The normalized spacial score (nSPS) is 20.3. The van der Waals surface area contributed by atoms with Gasteiger partial charge in [-0.05, 0) is 53.7 Å². The molecule has 1 amide bonds. The molecule has 3 heterocycles. The highest BCUT2D eigenvalue weighted by atomic mass is 19.4. The first-order valence-corrected chi connectivity index (χ1v) is 12.1. The molecule has 0 spiro atoms. The van der Waals surface area contributed by atoms with E-state index in [0.717, 1.165) is 25.0 Å². The molecule has 5 rings (SSSR count). The molecule has 2 aromatic heterocycles. The molecule has 0 unspecified atom stereocenters. The first kappa shape index (κ1) is 26.7. The summed E-state index contributed by atoms with van der Waals surface area (Å²) in [5.41, 5.74) is -2.88. The molecule has 1 fully saturated rings. The van der Waals surface area contributed by atoms with Crippen LogP contribution in [0.5, 0.6) is 5.75 Å². The average molecular weight is 555 g/mol. The molecule has 0 bridgehead atoms. The second kappa shape index (κ2) is 10.0. The molecular weight excluding hydrogens is 532 g/mol. The number of carbonyl (C=O) groups is 1. The van der Waals surface area contributed by atoms with Crippen molar-refractivity contribution in [2.24, 2.45) is 5.92 Å². The number of rotatable bonds is 9. The Balaban J connectivity index is 1.48. The van der Waals surface area contributed by atoms with Crippen molar-refractivity contribution in [2.45, 2.75) is 56.5 Å². The van der Waals surface area contributed by atoms with Crippen LogP contribution in [0, 0.1) is 5.92 Å². The van der Waals surface area contributed by atoms with Crippen LogP contribution in [0.2, 0.25) is 0 Å². The Bertz CT molecular complexity index is 1340. The van der Waals surface area contributed by atoms with Crippen LogP contribution < -0.4 is 10.1 Å². The fourth-order valence-electron chi connectivity index (χ4n) is 4.53. The van der Waals surface area contributed by atoms with Gasteiger partial charge in [0.2, 0.25) is 5.82 Å². The van der Waals surface area contributed by atoms with E-state index in [9.17, 15) is 31.1 Å². The number of aromatic amines is 1. The highest BCUT2D eigenvalue weighted by Crippen LogP contribution is 2.49. The van der Waals surface area contributed by atoms with Crippen LogP contribution in [0.4, 0.5) is 26.3 Å². The second-order valence-electron chi connectivity index (χ2n) is 9.61. The molecule has 208 valence electrons. The molecule has 1 aliphatic heterocycles. The lowest BCUT2D eigenvalue weighted by Crippen LogP contribution is -2.58. The van der Waals surface area contributed by atoms with Crippen molar-refractivity contribution >= 4 is 17.1 Å². The summed E-state index contributed by atoms with van der Waals surface area (Å²) >= 11 is 0. The van der Waals surface area contributed by atoms with E-state index in [-0.39, 0.29) is 41.3 Å². The molecule has 1 atom stereocenters. The average Bonchev–Trinajstić information content (AvgIpc) is 3.30. The molecule has 1 aliphatic carbocycles. The first-order chi connectivity index (χ1) is 18.5. The molecule has 0 radical (unpaired) electrons. The van der Waals surface area contributed by atoms with Gasteiger partial charge in [-0.2, -0.15) is 36.7 Å². The summed E-state index contributed by atoms with van der Waals surface area (Å²) in [7, 11) is 0. The van der Waals surface area contributed by atoms with Gasteiger partial charge in [0, 0.05) is 31.1 Å². The number of nitrogens with one attached hydrogen (secondary N) is 2. The quantitative estimate of drug-likeness (QED) is 0.299. The van der Waals surface area contributed by atoms with Gasteiger partial charge in [-0.1, -0.05) is 12.1 Å². The van der Waals surface area contributed by atoms with Gasteiger partial charge >= 0.3 is 12.4 Å². The van der Waals surface area contributed by atoms with E-state index in [4.69, 9.17) is 4.74 Å². The summed E-state index contributed by atoms with van der Waals surface area (Å²) in [5.74, 6) is -0.639. The molecule has 9 nitrogen and oxygen atoms in total. The van der Waals surface area contributed by atoms with Crippen LogP contribution in [-0.2, 0) is 16.9 Å². The van der Waals surface area contributed by atoms with Crippen molar-refractivity contribution in [3.63, 3.8) is 0 Å². The number of hydrogen-bond donors (Lipinski definition) is 2. The Kier molecular flexibility index (Phi) is 6.84. The second-order valence-corrected chi connectivity index (χ2v) is 9.61. The van der Waals surface area contributed by atoms with E-state index in [2.05, 4.69) is 31.0 Å². The summed E-state index contributed by atoms with van der Waals surface area (Å²) in [6.45, 7) is 0.359. The number of alkyl halides is 6. The number of benzene rings is 1. The van der Waals surface area contributed by atoms with Crippen LogP contribution in [0.15, 0.2) is 36.7 Å². The maximum atomic E-state index is 14.8. The largest absolute Gasteiger partial charge is 0.494 e. The first-order valence-electron chi connectivity index (χ1n) is 12.1. The number of ether oxygens (including phenoxy) is 1. The lowest BCUT2D eigenvalue weighted by atomic mass is 9.77. The van der Waals surface area contributed by atoms with Gasteiger partial charge in [-0.15, -0.1) is 10.2 Å². The SMILES string of the molecule is O=C1N[C@@](c2ccc(OCCCC(F)(F)F)cc2)(C(F)(F)F)CC(c2cnn(CC3CC3)c2)=C1c1nn[nH]n1. The minimum absolute atomic E-state index is 0.0481. The standard InChI is InChI=1S/C24H23F6N7O2/c25-23(26,27)8-1-9-39-17-6-4-16(5-7-17)22(24(28,29)30)10-18(15-11-31-37(13-15)12-14-2-3-14)19(21(38)32-22)20-33-35-36-34-20/h4-7,11,13-14H,1-3,8-10,12H2,(H,32,38)(H,33,34,35,36)/t22-/m0/s1. The third-order valence-electron chi connectivity index (χ3n) is 6.69. The predicted octanol–water partition coefficient (Wildman–Crippen LogP) is 4.42. The van der Waals surface area contributed by atoms with Crippen molar-refractivity contribution in [1.29, 1.82) is 0 Å². The Morgan fingerprint density at radius 1 is 1.10 bits per heavy atom. The highest BCUT2D eigenvalue weighted by molar-refractivity contribution is 6.27. The summed E-state index contributed by atoms with van der Waals surface area (Å²) in [6.07, 6.45) is -6.17. The molecule has 2 N–H and O–H groups in total. The zero-order valence-electron chi connectivity index (χ0n) is 20.3. The van der Waals surface area contributed by atoms with Crippen LogP contribution in [0.3, 0.4) is 0 Å². The number of carbonyl (C=O) groups excluding carboxylic acids is 1. The van der Waals surface area contributed by atoms with Crippen molar-refractivity contribution in [2.75, 3.05) is 6.61 Å². The molecule has 39 heavy (non-hydrogen) atoms. The number of H-pyrrole nitrogens is 1. The molecule has 15 heteroatoms. The number of aromatic nitrogens is 6. The van der Waals surface area contributed by atoms with E-state index in [0.29, 0.717) is 18.0 Å². The maximum absolute atomic E-state index is 14.8. The topological polar surface area (TPSA) is 111 Å². The van der Waals surface area contributed by atoms with Crippen molar-refractivity contribution in [3.8, 4) is 5.75 Å². The Labute approximate surface area is 217 Å². The Hall–Kier alpha value is -3.91. The Morgan fingerprint density at radius 3 is 2.46 bits per heavy atom. The van der Waals surface area contributed by atoms with E-state index in [1.54, 1.807) is 10.9 Å².